The Morgan fingerprint density at radius 3 is 2.89 bits per heavy atom. The fourth-order valence-electron chi connectivity index (χ4n) is 2.21. The molecule has 19 heavy (non-hydrogen) atoms. The van der Waals surface area contributed by atoms with Crippen LogP contribution in [-0.2, 0) is 4.79 Å². The van der Waals surface area contributed by atoms with Crippen molar-refractivity contribution in [3.05, 3.63) is 18.3 Å². The largest absolute Gasteiger partial charge is 0.480 e. The average molecular weight is 266 g/mol. The van der Waals surface area contributed by atoms with Gasteiger partial charge in [0.1, 0.15) is 11.9 Å². The molecule has 0 aromatic carbocycles. The maximum Gasteiger partial charge on any atom is 0.326 e. The van der Waals surface area contributed by atoms with Crippen LogP contribution in [0.5, 0.6) is 0 Å². The molecule has 1 aliphatic rings. The van der Waals surface area contributed by atoms with Crippen molar-refractivity contribution in [2.45, 2.75) is 31.7 Å². The minimum atomic E-state index is -0.948. The molecule has 3 atom stereocenters. The number of anilines is 2. The van der Waals surface area contributed by atoms with E-state index in [1.165, 1.54) is 0 Å². The number of rotatable bonds is 4. The van der Waals surface area contributed by atoms with Gasteiger partial charge in [0.05, 0.1) is 24.2 Å². The molecule has 0 bridgehead atoms. The van der Waals surface area contributed by atoms with Crippen LogP contribution in [0.3, 0.4) is 0 Å². The molecule has 7 heteroatoms. The smallest absolute Gasteiger partial charge is 0.326 e. The van der Waals surface area contributed by atoms with Gasteiger partial charge in [0.25, 0.3) is 0 Å². The van der Waals surface area contributed by atoms with E-state index >= 15 is 0 Å². The Balaban J connectivity index is 2.14. The second kappa shape index (κ2) is 5.41. The molecular formula is C12H18N4O3. The first-order chi connectivity index (χ1) is 8.97. The molecular weight excluding hydrogens is 248 g/mol. The van der Waals surface area contributed by atoms with Gasteiger partial charge in [-0.05, 0) is 19.1 Å². The number of aliphatic carboxylic acids is 1. The number of hydrogen-bond donors (Lipinski definition) is 4. The van der Waals surface area contributed by atoms with Crippen LogP contribution in [0.1, 0.15) is 13.3 Å². The van der Waals surface area contributed by atoms with Gasteiger partial charge in [-0.2, -0.15) is 0 Å². The summed E-state index contributed by atoms with van der Waals surface area (Å²) in [5.74, 6) is -0.407. The van der Waals surface area contributed by atoms with E-state index < -0.39 is 18.1 Å². The number of carboxylic acid groups (broad SMARTS) is 1. The number of nitrogens with one attached hydrogen (secondary N) is 1. The average Bonchev–Trinajstić information content (AvgIpc) is 2.72. The number of carboxylic acids is 1. The summed E-state index contributed by atoms with van der Waals surface area (Å²) in [5, 5.41) is 21.7. The summed E-state index contributed by atoms with van der Waals surface area (Å²) in [6.45, 7) is 2.09. The van der Waals surface area contributed by atoms with Crippen molar-refractivity contribution in [3.63, 3.8) is 0 Å². The summed E-state index contributed by atoms with van der Waals surface area (Å²) in [4.78, 5) is 16.9. The number of nitrogens with two attached hydrogens (primary N) is 1. The molecule has 3 unspecified atom stereocenters. The zero-order chi connectivity index (χ0) is 14.0. The second-order valence-corrected chi connectivity index (χ2v) is 4.73. The van der Waals surface area contributed by atoms with Crippen LogP contribution in [-0.4, -0.2) is 46.0 Å². The Morgan fingerprint density at radius 1 is 1.63 bits per heavy atom. The van der Waals surface area contributed by atoms with E-state index in [0.29, 0.717) is 5.82 Å². The van der Waals surface area contributed by atoms with Crippen molar-refractivity contribution in [2.75, 3.05) is 16.8 Å². The topological polar surface area (TPSA) is 112 Å². The summed E-state index contributed by atoms with van der Waals surface area (Å²) in [6, 6.07) is 2.78. The first-order valence-corrected chi connectivity index (χ1v) is 6.13. The molecule has 1 saturated heterocycles. The Hall–Kier alpha value is -1.86. The van der Waals surface area contributed by atoms with E-state index in [-0.39, 0.29) is 19.1 Å². The lowest BCUT2D eigenvalue weighted by Gasteiger charge is -2.22. The maximum atomic E-state index is 11.1. The van der Waals surface area contributed by atoms with E-state index in [0.717, 1.165) is 5.69 Å². The van der Waals surface area contributed by atoms with E-state index in [1.54, 1.807) is 23.2 Å². The lowest BCUT2D eigenvalue weighted by Crippen LogP contribution is -2.36. The van der Waals surface area contributed by atoms with Gasteiger partial charge in [-0.15, -0.1) is 0 Å². The molecule has 7 nitrogen and oxygen atoms in total. The third-order valence-corrected chi connectivity index (χ3v) is 3.00. The predicted molar refractivity (Wildman–Crippen MR) is 70.9 cm³/mol. The third kappa shape index (κ3) is 3.12. The van der Waals surface area contributed by atoms with Crippen molar-refractivity contribution in [3.8, 4) is 0 Å². The van der Waals surface area contributed by atoms with Gasteiger partial charge < -0.3 is 26.2 Å². The molecule has 0 amide bonds. The molecule has 0 spiro atoms. The normalized spacial score (nSPS) is 24.3. The summed E-state index contributed by atoms with van der Waals surface area (Å²) in [7, 11) is 0. The van der Waals surface area contributed by atoms with Crippen molar-refractivity contribution < 1.29 is 15.0 Å². The van der Waals surface area contributed by atoms with Gasteiger partial charge in [0.2, 0.25) is 0 Å². The van der Waals surface area contributed by atoms with Crippen molar-refractivity contribution >= 4 is 17.5 Å². The van der Waals surface area contributed by atoms with Crippen LogP contribution >= 0.6 is 0 Å². The van der Waals surface area contributed by atoms with Crippen molar-refractivity contribution in [1.82, 2.24) is 4.98 Å². The number of aliphatic hydroxyl groups is 1. The molecule has 2 rings (SSSR count). The summed E-state index contributed by atoms with van der Waals surface area (Å²) < 4.78 is 0. The molecule has 0 aliphatic carbocycles. The monoisotopic (exact) mass is 266 g/mol. The minimum Gasteiger partial charge on any atom is -0.480 e. The number of carbonyl (C=O) groups is 1. The highest BCUT2D eigenvalue weighted by Gasteiger charge is 2.36. The van der Waals surface area contributed by atoms with E-state index in [1.807, 2.05) is 6.92 Å². The van der Waals surface area contributed by atoms with E-state index in [4.69, 9.17) is 10.8 Å². The molecule has 104 valence electrons. The molecule has 1 aromatic rings. The lowest BCUT2D eigenvalue weighted by molar-refractivity contribution is -0.138. The van der Waals surface area contributed by atoms with Crippen molar-refractivity contribution in [2.24, 2.45) is 5.73 Å². The van der Waals surface area contributed by atoms with Gasteiger partial charge in [-0.3, -0.25) is 0 Å². The maximum absolute atomic E-state index is 11.1. The van der Waals surface area contributed by atoms with Crippen LogP contribution in [0, 0.1) is 0 Å². The number of hydrogen-bond acceptors (Lipinski definition) is 6. The Kier molecular flexibility index (Phi) is 3.87. The highest BCUT2D eigenvalue weighted by atomic mass is 16.4. The van der Waals surface area contributed by atoms with Crippen LogP contribution in [0.25, 0.3) is 0 Å². The fourth-order valence-corrected chi connectivity index (χ4v) is 2.21. The quantitative estimate of drug-likeness (QED) is 0.559. The highest BCUT2D eigenvalue weighted by molar-refractivity contribution is 5.78. The standard InChI is InChI=1S/C12H18N4O3/c1-7(13)15-8-2-3-11(14-5-8)16-6-9(17)4-10(16)12(18)19/h2-3,5,7,9-10,15,17H,4,6,13H2,1H3,(H,18,19). The summed E-state index contributed by atoms with van der Waals surface area (Å²) >= 11 is 0. The molecule has 1 aromatic heterocycles. The molecule has 0 radical (unpaired) electrons. The number of β-amino-alcohol motifs (C(OH)–C–C–N with tert-alkyl or cyclic N) is 1. The SMILES string of the molecule is CC(N)Nc1ccc(N2CC(O)CC2C(=O)O)nc1. The van der Waals surface area contributed by atoms with Crippen LogP contribution < -0.4 is 16.0 Å². The number of pyridine rings is 1. The summed E-state index contributed by atoms with van der Waals surface area (Å²) in [5.41, 5.74) is 6.37. The van der Waals surface area contributed by atoms with Crippen LogP contribution in [0.4, 0.5) is 11.5 Å². The molecule has 0 saturated carbocycles. The Labute approximate surface area is 111 Å². The Morgan fingerprint density at radius 2 is 2.37 bits per heavy atom. The zero-order valence-electron chi connectivity index (χ0n) is 10.7. The van der Waals surface area contributed by atoms with Crippen LogP contribution in [0.15, 0.2) is 18.3 Å². The van der Waals surface area contributed by atoms with E-state index in [9.17, 15) is 9.90 Å². The fraction of sp³-hybridized carbons (Fsp3) is 0.500. The Bertz CT molecular complexity index is 449. The van der Waals surface area contributed by atoms with Gasteiger partial charge in [0.15, 0.2) is 0 Å². The lowest BCUT2D eigenvalue weighted by atomic mass is 10.2. The van der Waals surface area contributed by atoms with Crippen molar-refractivity contribution in [1.29, 1.82) is 0 Å². The first kappa shape index (κ1) is 13.6. The minimum absolute atomic E-state index is 0.187. The zero-order valence-corrected chi connectivity index (χ0v) is 10.7. The first-order valence-electron chi connectivity index (χ1n) is 6.13. The number of nitrogens with zero attached hydrogens (tertiary/aromatic N) is 2. The molecule has 1 fully saturated rings. The predicted octanol–water partition coefficient (Wildman–Crippen LogP) is -0.178. The van der Waals surface area contributed by atoms with E-state index in [2.05, 4.69) is 10.3 Å². The molecule has 1 aliphatic heterocycles. The van der Waals surface area contributed by atoms with Gasteiger partial charge in [-0.1, -0.05) is 0 Å². The van der Waals surface area contributed by atoms with Crippen LogP contribution in [0.2, 0.25) is 0 Å². The molecule has 5 N–H and O–H groups in total. The van der Waals surface area contributed by atoms with Gasteiger partial charge in [0, 0.05) is 13.0 Å². The third-order valence-electron chi connectivity index (χ3n) is 3.00. The van der Waals surface area contributed by atoms with Gasteiger partial charge >= 0.3 is 5.97 Å². The second-order valence-electron chi connectivity index (χ2n) is 4.73. The number of aliphatic hydroxyl groups excluding tert-OH is 1. The summed E-state index contributed by atoms with van der Waals surface area (Å²) in [6.07, 6.45) is 0.997. The molecule has 2 heterocycles. The number of aromatic nitrogens is 1. The highest BCUT2D eigenvalue weighted by Crippen LogP contribution is 2.25. The van der Waals surface area contributed by atoms with Gasteiger partial charge in [-0.25, -0.2) is 9.78 Å².